The van der Waals surface area contributed by atoms with Gasteiger partial charge in [-0.05, 0) is 19.2 Å². The van der Waals surface area contributed by atoms with Crippen LogP contribution in [0.3, 0.4) is 0 Å². The number of methoxy groups -OCH3 is 1. The van der Waals surface area contributed by atoms with Crippen LogP contribution in [-0.2, 0) is 19.6 Å². The molecule has 0 aliphatic carbocycles. The van der Waals surface area contributed by atoms with Gasteiger partial charge < -0.3 is 15.2 Å². The minimum absolute atomic E-state index is 0.0396. The van der Waals surface area contributed by atoms with E-state index in [1.807, 2.05) is 0 Å². The van der Waals surface area contributed by atoms with Crippen molar-refractivity contribution in [2.24, 2.45) is 0 Å². The largest absolute Gasteiger partial charge is 0.479 e. The van der Waals surface area contributed by atoms with Gasteiger partial charge in [0.25, 0.3) is 0 Å². The van der Waals surface area contributed by atoms with E-state index >= 15 is 0 Å². The molecule has 7 nitrogen and oxygen atoms in total. The van der Waals surface area contributed by atoms with Gasteiger partial charge in [-0.1, -0.05) is 12.1 Å². The number of anilines is 1. The molecule has 0 saturated heterocycles. The zero-order valence-corrected chi connectivity index (χ0v) is 11.4. The first-order valence-electron chi connectivity index (χ1n) is 5.44. The number of para-hydroxylation sites is 1. The van der Waals surface area contributed by atoms with Gasteiger partial charge in [0.1, 0.15) is 4.90 Å². The van der Waals surface area contributed by atoms with Crippen LogP contribution >= 0.6 is 0 Å². The predicted molar refractivity (Wildman–Crippen MR) is 69.6 cm³/mol. The van der Waals surface area contributed by atoms with Gasteiger partial charge in [-0.2, -0.15) is 0 Å². The highest BCUT2D eigenvalue weighted by atomic mass is 32.2. The quantitative estimate of drug-likeness (QED) is 0.657. The van der Waals surface area contributed by atoms with Crippen LogP contribution in [0.15, 0.2) is 29.2 Å². The second-order valence-corrected chi connectivity index (χ2v) is 5.50. The first kappa shape index (κ1) is 15.4. The van der Waals surface area contributed by atoms with Gasteiger partial charge in [0.2, 0.25) is 10.0 Å². The first-order chi connectivity index (χ1) is 8.92. The van der Waals surface area contributed by atoms with Crippen LogP contribution in [0.1, 0.15) is 0 Å². The molecule has 106 valence electrons. The number of ether oxygens (including phenoxy) is 1. The van der Waals surface area contributed by atoms with Crippen LogP contribution in [0.4, 0.5) is 5.69 Å². The van der Waals surface area contributed by atoms with Crippen molar-refractivity contribution in [3.63, 3.8) is 0 Å². The molecule has 0 aromatic heterocycles. The van der Waals surface area contributed by atoms with Gasteiger partial charge in [0, 0.05) is 7.11 Å². The smallest absolute Gasteiger partial charge is 0.334 e. The molecule has 0 radical (unpaired) electrons. The van der Waals surface area contributed by atoms with Gasteiger partial charge in [-0.3, -0.25) is 0 Å². The molecule has 0 aliphatic heterocycles. The van der Waals surface area contributed by atoms with Crippen molar-refractivity contribution in [1.29, 1.82) is 0 Å². The summed E-state index contributed by atoms with van der Waals surface area (Å²) in [4.78, 5) is 10.8. The maximum Gasteiger partial charge on any atom is 0.334 e. The summed E-state index contributed by atoms with van der Waals surface area (Å²) < 4.78 is 30.5. The number of carbonyl (C=O) groups is 1. The molecule has 1 aromatic rings. The first-order valence-corrected chi connectivity index (χ1v) is 6.92. The van der Waals surface area contributed by atoms with Crippen molar-refractivity contribution in [2.45, 2.75) is 11.0 Å². The molecule has 0 fully saturated rings. The second kappa shape index (κ2) is 6.50. The van der Waals surface area contributed by atoms with E-state index in [4.69, 9.17) is 9.84 Å². The number of hydrogen-bond acceptors (Lipinski definition) is 5. The molecule has 1 unspecified atom stereocenters. The second-order valence-electron chi connectivity index (χ2n) is 3.65. The Bertz CT molecular complexity index is 544. The van der Waals surface area contributed by atoms with Crippen LogP contribution in [0, 0.1) is 0 Å². The van der Waals surface area contributed by atoms with Gasteiger partial charge in [-0.25, -0.2) is 17.9 Å². The molecular weight excluding hydrogens is 272 g/mol. The number of carboxylic acids is 1. The SMILES string of the molecule is CNS(=O)(=O)c1ccccc1NCC(OC)C(=O)O. The van der Waals surface area contributed by atoms with Crippen LogP contribution in [0.2, 0.25) is 0 Å². The molecular formula is C11H16N2O5S. The Hall–Kier alpha value is -1.64. The molecule has 1 rings (SSSR count). The van der Waals surface area contributed by atoms with Crippen LogP contribution in [-0.4, -0.2) is 46.3 Å². The standard InChI is InChI=1S/C11H16N2O5S/c1-12-19(16,17)10-6-4-3-5-8(10)13-7-9(18-2)11(14)15/h3-6,9,12-13H,7H2,1-2H3,(H,14,15). The lowest BCUT2D eigenvalue weighted by Crippen LogP contribution is -2.31. The summed E-state index contributed by atoms with van der Waals surface area (Å²) in [5.41, 5.74) is 0.320. The monoisotopic (exact) mass is 288 g/mol. The van der Waals surface area contributed by atoms with E-state index in [9.17, 15) is 13.2 Å². The van der Waals surface area contributed by atoms with E-state index in [0.29, 0.717) is 5.69 Å². The van der Waals surface area contributed by atoms with Crippen LogP contribution in [0.5, 0.6) is 0 Å². The summed E-state index contributed by atoms with van der Waals surface area (Å²) in [6.45, 7) is -0.0396. The van der Waals surface area contributed by atoms with Crippen molar-refractivity contribution in [2.75, 3.05) is 26.0 Å². The lowest BCUT2D eigenvalue weighted by Gasteiger charge is -2.15. The average Bonchev–Trinajstić information content (AvgIpc) is 2.39. The van der Waals surface area contributed by atoms with Crippen LogP contribution < -0.4 is 10.0 Å². The van der Waals surface area contributed by atoms with Gasteiger partial charge in [-0.15, -0.1) is 0 Å². The maximum atomic E-state index is 11.8. The molecule has 0 heterocycles. The van der Waals surface area contributed by atoms with Crippen molar-refractivity contribution in [3.8, 4) is 0 Å². The maximum absolute atomic E-state index is 11.8. The summed E-state index contributed by atoms with van der Waals surface area (Å²) in [6.07, 6.45) is -1.05. The predicted octanol–water partition coefficient (Wildman–Crippen LogP) is 0.106. The Morgan fingerprint density at radius 3 is 2.58 bits per heavy atom. The molecule has 0 saturated carbocycles. The number of nitrogens with one attached hydrogen (secondary N) is 2. The Balaban J connectivity index is 2.94. The number of benzene rings is 1. The number of rotatable bonds is 7. The molecule has 1 aromatic carbocycles. The molecule has 19 heavy (non-hydrogen) atoms. The number of hydrogen-bond donors (Lipinski definition) is 3. The van der Waals surface area contributed by atoms with Crippen molar-refractivity contribution < 1.29 is 23.1 Å². The van der Waals surface area contributed by atoms with E-state index < -0.39 is 22.1 Å². The topological polar surface area (TPSA) is 105 Å². The lowest BCUT2D eigenvalue weighted by atomic mass is 10.3. The summed E-state index contributed by atoms with van der Waals surface area (Å²) in [7, 11) is -1.02. The van der Waals surface area contributed by atoms with E-state index in [1.165, 1.54) is 20.2 Å². The summed E-state index contributed by atoms with van der Waals surface area (Å²) in [5, 5.41) is 11.6. The Morgan fingerprint density at radius 1 is 1.42 bits per heavy atom. The Kier molecular flexibility index (Phi) is 5.28. The third-order valence-corrected chi connectivity index (χ3v) is 3.96. The van der Waals surface area contributed by atoms with Crippen molar-refractivity contribution in [1.82, 2.24) is 4.72 Å². The fraction of sp³-hybridized carbons (Fsp3) is 0.364. The van der Waals surface area contributed by atoms with Gasteiger partial charge >= 0.3 is 5.97 Å². The summed E-state index contributed by atoms with van der Waals surface area (Å²) in [6, 6.07) is 6.22. The fourth-order valence-corrected chi connectivity index (χ4v) is 2.34. The van der Waals surface area contributed by atoms with Gasteiger partial charge in [0.15, 0.2) is 6.10 Å². The molecule has 0 bridgehead atoms. The molecule has 1 atom stereocenters. The Labute approximate surface area is 111 Å². The molecule has 0 spiro atoms. The number of sulfonamides is 1. The summed E-state index contributed by atoms with van der Waals surface area (Å²) in [5.74, 6) is -1.12. The Morgan fingerprint density at radius 2 is 2.05 bits per heavy atom. The molecule has 3 N–H and O–H groups in total. The van der Waals surface area contributed by atoms with E-state index in [-0.39, 0.29) is 11.4 Å². The highest BCUT2D eigenvalue weighted by molar-refractivity contribution is 7.89. The normalized spacial score (nSPS) is 12.9. The van der Waals surface area contributed by atoms with Gasteiger partial charge in [0.05, 0.1) is 12.2 Å². The lowest BCUT2D eigenvalue weighted by molar-refractivity contribution is -0.147. The third-order valence-electron chi connectivity index (χ3n) is 2.48. The minimum Gasteiger partial charge on any atom is -0.479 e. The summed E-state index contributed by atoms with van der Waals surface area (Å²) >= 11 is 0. The fourth-order valence-electron chi connectivity index (χ4n) is 1.43. The van der Waals surface area contributed by atoms with E-state index in [1.54, 1.807) is 18.2 Å². The van der Waals surface area contributed by atoms with E-state index in [0.717, 1.165) is 0 Å². The van der Waals surface area contributed by atoms with Crippen molar-refractivity contribution >= 4 is 21.7 Å². The zero-order chi connectivity index (χ0) is 14.5. The average molecular weight is 288 g/mol. The van der Waals surface area contributed by atoms with E-state index in [2.05, 4.69) is 10.0 Å². The number of carboxylic acid groups (broad SMARTS) is 1. The molecule has 8 heteroatoms. The van der Waals surface area contributed by atoms with Crippen LogP contribution in [0.25, 0.3) is 0 Å². The zero-order valence-electron chi connectivity index (χ0n) is 10.6. The molecule has 0 aliphatic rings. The highest BCUT2D eigenvalue weighted by Gasteiger charge is 2.19. The highest BCUT2D eigenvalue weighted by Crippen LogP contribution is 2.20. The minimum atomic E-state index is -3.60. The molecule has 0 amide bonds. The number of aliphatic carboxylic acids is 1. The van der Waals surface area contributed by atoms with Crippen molar-refractivity contribution in [3.05, 3.63) is 24.3 Å². The third kappa shape index (κ3) is 3.91.